The fraction of sp³-hybridized carbons (Fsp3) is 0.303. The van der Waals surface area contributed by atoms with Crippen molar-refractivity contribution in [3.05, 3.63) is 71.6 Å². The Hall–Kier alpha value is -5.37. The van der Waals surface area contributed by atoms with E-state index in [2.05, 4.69) is 42.4 Å². The normalized spacial score (nSPS) is 11.6. The maximum absolute atomic E-state index is 13.3. The van der Waals surface area contributed by atoms with Crippen LogP contribution in [0.1, 0.15) is 57.3 Å². The molecule has 0 fully saturated rings. The van der Waals surface area contributed by atoms with Gasteiger partial charge < -0.3 is 20.8 Å². The van der Waals surface area contributed by atoms with Gasteiger partial charge in [0.15, 0.2) is 0 Å². The molecule has 3 heterocycles. The van der Waals surface area contributed by atoms with Gasteiger partial charge in [0.1, 0.15) is 35.2 Å². The summed E-state index contributed by atoms with van der Waals surface area (Å²) in [4.78, 5) is 44.7. The Bertz CT molecular complexity index is 1820. The van der Waals surface area contributed by atoms with Crippen molar-refractivity contribution in [2.45, 2.75) is 53.2 Å². The Morgan fingerprint density at radius 1 is 1.07 bits per heavy atom. The number of hydrogen-bond donors (Lipinski definition) is 3. The first-order chi connectivity index (χ1) is 20.8. The zero-order valence-electron chi connectivity index (χ0n) is 26.2. The van der Waals surface area contributed by atoms with E-state index >= 15 is 0 Å². The summed E-state index contributed by atoms with van der Waals surface area (Å²) in [6.07, 6.45) is 2.53. The number of nitrogens with zero attached hydrogens (tertiary/aromatic N) is 5. The molecule has 4 rings (SSSR count). The second-order valence-electron chi connectivity index (χ2n) is 11.3. The molecule has 1 aromatic carbocycles. The average Bonchev–Trinajstić information content (AvgIpc) is 2.97. The summed E-state index contributed by atoms with van der Waals surface area (Å²) < 4.78 is 5.41. The van der Waals surface area contributed by atoms with Gasteiger partial charge in [-0.1, -0.05) is 12.0 Å². The highest BCUT2D eigenvalue weighted by molar-refractivity contribution is 6.02. The highest BCUT2D eigenvalue weighted by atomic mass is 16.6. The minimum atomic E-state index is -0.862. The maximum atomic E-state index is 13.3. The lowest BCUT2D eigenvalue weighted by Gasteiger charge is -2.28. The maximum Gasteiger partial charge on any atom is 0.410 e. The molecule has 3 aromatic heterocycles. The minimum Gasteiger partial charge on any atom is -0.444 e. The number of aryl methyl sites for hydroxylation is 1. The van der Waals surface area contributed by atoms with Crippen molar-refractivity contribution in [1.82, 2.24) is 24.8 Å². The number of benzene rings is 1. The summed E-state index contributed by atoms with van der Waals surface area (Å²) in [5.74, 6) is 6.04. The molecule has 11 heteroatoms. The number of ether oxygens (including phenoxy) is 1. The van der Waals surface area contributed by atoms with Crippen molar-refractivity contribution in [2.24, 2.45) is 0 Å². The van der Waals surface area contributed by atoms with Crippen molar-refractivity contribution in [3.63, 3.8) is 0 Å². The highest BCUT2D eigenvalue weighted by Gasteiger charge is 2.27. The van der Waals surface area contributed by atoms with Crippen LogP contribution in [0.15, 0.2) is 48.9 Å². The number of amides is 2. The minimum absolute atomic E-state index is 0.218. The van der Waals surface area contributed by atoms with Gasteiger partial charge in [-0.05, 0) is 83.2 Å². The predicted molar refractivity (Wildman–Crippen MR) is 172 cm³/mol. The molecule has 0 spiro atoms. The predicted octanol–water partition coefficient (Wildman–Crippen LogP) is 5.42. The van der Waals surface area contributed by atoms with Crippen molar-refractivity contribution >= 4 is 40.0 Å². The van der Waals surface area contributed by atoms with E-state index in [1.807, 2.05) is 31.2 Å². The van der Waals surface area contributed by atoms with E-state index in [0.717, 1.165) is 22.0 Å². The van der Waals surface area contributed by atoms with E-state index in [-0.39, 0.29) is 11.5 Å². The van der Waals surface area contributed by atoms with Gasteiger partial charge in [0.25, 0.3) is 0 Å². The first-order valence-electron chi connectivity index (χ1n) is 14.0. The van der Waals surface area contributed by atoms with Crippen LogP contribution in [0.25, 0.3) is 22.0 Å². The second kappa shape index (κ2) is 12.9. The first kappa shape index (κ1) is 31.6. The van der Waals surface area contributed by atoms with Crippen molar-refractivity contribution < 1.29 is 14.3 Å². The molecule has 0 saturated heterocycles. The van der Waals surface area contributed by atoms with Crippen molar-refractivity contribution in [1.29, 1.82) is 5.41 Å². The number of pyridine rings is 2. The van der Waals surface area contributed by atoms with Crippen LogP contribution in [0.5, 0.6) is 0 Å². The average molecular weight is 593 g/mol. The molecule has 11 nitrogen and oxygen atoms in total. The SMILES string of the molecule is CNc1c(C(C)=N)ncnc1-c1cc(C#Cc2ccc3c(C)nccc3c2)nc(NC(=O)C(C)N(C)C(=O)OC(C)(C)C)c1. The Labute approximate surface area is 257 Å². The summed E-state index contributed by atoms with van der Waals surface area (Å²) in [5, 5.41) is 16.1. The van der Waals surface area contributed by atoms with Crippen LogP contribution in [0.4, 0.5) is 16.3 Å². The molecule has 0 aliphatic rings. The van der Waals surface area contributed by atoms with Crippen LogP contribution >= 0.6 is 0 Å². The van der Waals surface area contributed by atoms with E-state index in [1.54, 1.807) is 60.0 Å². The Morgan fingerprint density at radius 2 is 1.82 bits per heavy atom. The molecule has 0 bridgehead atoms. The third kappa shape index (κ3) is 7.33. The number of rotatable bonds is 6. The monoisotopic (exact) mass is 592 g/mol. The van der Waals surface area contributed by atoms with E-state index in [1.165, 1.54) is 18.3 Å². The van der Waals surface area contributed by atoms with E-state index in [4.69, 9.17) is 10.1 Å². The molecule has 44 heavy (non-hydrogen) atoms. The van der Waals surface area contributed by atoms with Crippen LogP contribution in [-0.2, 0) is 9.53 Å². The Balaban J connectivity index is 1.75. The first-order valence-corrected chi connectivity index (χ1v) is 14.0. The van der Waals surface area contributed by atoms with E-state index in [0.29, 0.717) is 28.3 Å². The highest BCUT2D eigenvalue weighted by Crippen LogP contribution is 2.30. The lowest BCUT2D eigenvalue weighted by atomic mass is 10.1. The molecular weight excluding hydrogens is 556 g/mol. The number of anilines is 2. The van der Waals surface area contributed by atoms with E-state index < -0.39 is 23.6 Å². The fourth-order valence-electron chi connectivity index (χ4n) is 4.36. The molecule has 0 aliphatic heterocycles. The summed E-state index contributed by atoms with van der Waals surface area (Å²) in [7, 11) is 3.23. The number of nitrogens with one attached hydrogen (secondary N) is 3. The quantitative estimate of drug-likeness (QED) is 0.199. The van der Waals surface area contributed by atoms with Gasteiger partial charge in [-0.25, -0.2) is 19.7 Å². The largest absolute Gasteiger partial charge is 0.444 e. The molecule has 1 atom stereocenters. The molecule has 4 aromatic rings. The summed E-state index contributed by atoms with van der Waals surface area (Å²) in [5.41, 5.74) is 3.77. The fourth-order valence-corrected chi connectivity index (χ4v) is 4.36. The smallest absolute Gasteiger partial charge is 0.410 e. The number of hydrogen-bond acceptors (Lipinski definition) is 9. The molecule has 3 N–H and O–H groups in total. The van der Waals surface area contributed by atoms with Gasteiger partial charge in [-0.2, -0.15) is 0 Å². The van der Waals surface area contributed by atoms with Gasteiger partial charge in [0, 0.05) is 42.5 Å². The molecule has 1 unspecified atom stereocenters. The van der Waals surface area contributed by atoms with Crippen LogP contribution in [0.2, 0.25) is 0 Å². The molecule has 0 saturated carbocycles. The lowest BCUT2D eigenvalue weighted by Crippen LogP contribution is -2.45. The third-order valence-electron chi connectivity index (χ3n) is 6.74. The number of carbonyl (C=O) groups excluding carboxylic acids is 2. The zero-order valence-corrected chi connectivity index (χ0v) is 26.2. The number of fused-ring (bicyclic) bond motifs is 1. The Morgan fingerprint density at radius 3 is 2.50 bits per heavy atom. The second-order valence-corrected chi connectivity index (χ2v) is 11.3. The Kier molecular flexibility index (Phi) is 9.23. The van der Waals surface area contributed by atoms with Gasteiger partial charge in [0.05, 0.1) is 17.1 Å². The van der Waals surface area contributed by atoms with Crippen molar-refractivity contribution in [2.75, 3.05) is 24.7 Å². The van der Waals surface area contributed by atoms with Gasteiger partial charge in [-0.15, -0.1) is 0 Å². The standard InChI is InChI=1S/C33H36N8O3/c1-19(34)28-30(35-7)29(38-18-37-28)24-16-25(11-9-22-10-12-26-20(2)36-14-13-23(26)15-22)39-27(17-24)40-31(42)21(3)41(8)32(43)44-33(4,5)6/h10,12-18,21,34-35H,1-8H3,(H,39,40,42). The van der Waals surface area contributed by atoms with E-state index in [9.17, 15) is 9.59 Å². The molecule has 2 amide bonds. The molecule has 226 valence electrons. The summed E-state index contributed by atoms with van der Waals surface area (Å²) in [6.45, 7) is 10.5. The number of aromatic nitrogens is 4. The molecule has 0 aliphatic carbocycles. The van der Waals surface area contributed by atoms with Crippen LogP contribution in [0, 0.1) is 24.2 Å². The number of likely N-dealkylation sites (N-methyl/N-ethyl adjacent to an activating group) is 1. The van der Waals surface area contributed by atoms with Gasteiger partial charge in [-0.3, -0.25) is 14.7 Å². The number of carbonyl (C=O) groups is 2. The topological polar surface area (TPSA) is 146 Å². The zero-order chi connectivity index (χ0) is 32.2. The van der Waals surface area contributed by atoms with Gasteiger partial charge >= 0.3 is 6.09 Å². The van der Waals surface area contributed by atoms with Crippen LogP contribution in [-0.4, -0.2) is 68.3 Å². The summed E-state index contributed by atoms with van der Waals surface area (Å²) in [6, 6.07) is 10.4. The lowest BCUT2D eigenvalue weighted by molar-refractivity contribution is -0.120. The van der Waals surface area contributed by atoms with Gasteiger partial charge in [0.2, 0.25) is 5.91 Å². The van der Waals surface area contributed by atoms with Crippen molar-refractivity contribution in [3.8, 4) is 23.1 Å². The van der Waals surface area contributed by atoms with Crippen LogP contribution in [0.3, 0.4) is 0 Å². The summed E-state index contributed by atoms with van der Waals surface area (Å²) >= 11 is 0. The molecular formula is C33H36N8O3. The van der Waals surface area contributed by atoms with Crippen LogP contribution < -0.4 is 10.6 Å². The molecule has 0 radical (unpaired) electrons. The third-order valence-corrected chi connectivity index (χ3v) is 6.74.